The van der Waals surface area contributed by atoms with Crippen molar-refractivity contribution in [3.63, 3.8) is 0 Å². The number of halogens is 1. The molecular formula is C15H23FN2O2S. The minimum Gasteiger partial charge on any atom is -0.313 e. The Bertz CT molecular complexity index is 614. The third-order valence-corrected chi connectivity index (χ3v) is 6.09. The van der Waals surface area contributed by atoms with Gasteiger partial charge in [0, 0.05) is 18.6 Å². The van der Waals surface area contributed by atoms with E-state index in [0.29, 0.717) is 13.1 Å². The summed E-state index contributed by atoms with van der Waals surface area (Å²) < 4.78 is 41.0. The minimum atomic E-state index is -3.79. The van der Waals surface area contributed by atoms with Gasteiger partial charge in [-0.05, 0) is 50.9 Å². The summed E-state index contributed by atoms with van der Waals surface area (Å²) in [6, 6.07) is 4.30. The zero-order valence-electron chi connectivity index (χ0n) is 12.8. The smallest absolute Gasteiger partial charge is 0.246 e. The lowest BCUT2D eigenvalue weighted by molar-refractivity contribution is 0.290. The van der Waals surface area contributed by atoms with Crippen molar-refractivity contribution in [2.75, 3.05) is 13.1 Å². The molecule has 0 aromatic heterocycles. The van der Waals surface area contributed by atoms with Crippen molar-refractivity contribution < 1.29 is 12.8 Å². The maximum Gasteiger partial charge on any atom is 0.246 e. The molecule has 118 valence electrons. The normalized spacial score (nSPS) is 19.0. The van der Waals surface area contributed by atoms with Crippen molar-refractivity contribution in [2.24, 2.45) is 0 Å². The van der Waals surface area contributed by atoms with E-state index in [4.69, 9.17) is 0 Å². The predicted octanol–water partition coefficient (Wildman–Crippen LogP) is 2.50. The van der Waals surface area contributed by atoms with Crippen LogP contribution in [-0.2, 0) is 16.6 Å². The predicted molar refractivity (Wildman–Crippen MR) is 81.0 cm³/mol. The Morgan fingerprint density at radius 1 is 1.38 bits per heavy atom. The molecule has 6 heteroatoms. The first-order valence-corrected chi connectivity index (χ1v) is 8.75. The molecule has 0 aliphatic carbocycles. The lowest BCUT2D eigenvalue weighted by Crippen LogP contribution is -2.42. The van der Waals surface area contributed by atoms with Crippen LogP contribution < -0.4 is 5.32 Å². The van der Waals surface area contributed by atoms with E-state index in [1.807, 2.05) is 20.8 Å². The molecule has 0 radical (unpaired) electrons. The summed E-state index contributed by atoms with van der Waals surface area (Å²) in [4.78, 5) is -0.215. The van der Waals surface area contributed by atoms with Gasteiger partial charge >= 0.3 is 0 Å². The van der Waals surface area contributed by atoms with Crippen molar-refractivity contribution in [3.05, 3.63) is 29.6 Å². The first-order chi connectivity index (χ1) is 9.79. The van der Waals surface area contributed by atoms with Crippen LogP contribution in [0.2, 0.25) is 0 Å². The summed E-state index contributed by atoms with van der Waals surface area (Å²) >= 11 is 0. The van der Waals surface area contributed by atoms with E-state index >= 15 is 0 Å². The van der Waals surface area contributed by atoms with Crippen molar-refractivity contribution in [3.8, 4) is 0 Å². The average Bonchev–Trinajstić information content (AvgIpc) is 2.78. The molecule has 0 atom stereocenters. The fourth-order valence-electron chi connectivity index (χ4n) is 2.77. The number of sulfonamides is 1. The van der Waals surface area contributed by atoms with E-state index in [1.165, 1.54) is 16.4 Å². The summed E-state index contributed by atoms with van der Waals surface area (Å²) in [5.41, 5.74) is 0.317. The van der Waals surface area contributed by atoms with Crippen molar-refractivity contribution in [2.45, 2.75) is 50.6 Å². The molecule has 1 fully saturated rings. The molecule has 4 nitrogen and oxygen atoms in total. The molecule has 0 spiro atoms. The van der Waals surface area contributed by atoms with Crippen molar-refractivity contribution in [1.29, 1.82) is 0 Å². The fraction of sp³-hybridized carbons (Fsp3) is 0.600. The second-order valence-electron chi connectivity index (χ2n) is 6.04. The Labute approximate surface area is 126 Å². The molecule has 0 bridgehead atoms. The van der Waals surface area contributed by atoms with Gasteiger partial charge in [-0.25, -0.2) is 12.8 Å². The van der Waals surface area contributed by atoms with Crippen LogP contribution in [0.3, 0.4) is 0 Å². The van der Waals surface area contributed by atoms with Crippen molar-refractivity contribution in [1.82, 2.24) is 9.62 Å². The highest BCUT2D eigenvalue weighted by Gasteiger charge is 2.41. The van der Waals surface area contributed by atoms with Crippen LogP contribution in [0, 0.1) is 5.82 Å². The van der Waals surface area contributed by atoms with Crippen LogP contribution in [0.1, 0.15) is 39.2 Å². The van der Waals surface area contributed by atoms with Crippen molar-refractivity contribution >= 4 is 10.0 Å². The Morgan fingerprint density at radius 2 is 2.10 bits per heavy atom. The van der Waals surface area contributed by atoms with E-state index in [-0.39, 0.29) is 4.90 Å². The molecule has 1 aliphatic rings. The molecular weight excluding hydrogens is 291 g/mol. The lowest BCUT2D eigenvalue weighted by Gasteiger charge is -2.30. The topological polar surface area (TPSA) is 49.4 Å². The molecule has 0 amide bonds. The summed E-state index contributed by atoms with van der Waals surface area (Å²) in [5, 5.41) is 3.12. The largest absolute Gasteiger partial charge is 0.313 e. The van der Waals surface area contributed by atoms with E-state index in [0.717, 1.165) is 24.9 Å². The van der Waals surface area contributed by atoms with Gasteiger partial charge in [-0.3, -0.25) is 0 Å². The van der Waals surface area contributed by atoms with Crippen LogP contribution in [0.5, 0.6) is 0 Å². The summed E-state index contributed by atoms with van der Waals surface area (Å²) in [6.45, 7) is 7.50. The molecule has 1 N–H and O–H groups in total. The van der Waals surface area contributed by atoms with Gasteiger partial charge in [0.2, 0.25) is 10.0 Å². The number of nitrogens with one attached hydrogen (secondary N) is 1. The third-order valence-electron chi connectivity index (χ3n) is 3.97. The van der Waals surface area contributed by atoms with E-state index in [1.54, 1.807) is 6.07 Å². The quantitative estimate of drug-likeness (QED) is 0.908. The van der Waals surface area contributed by atoms with Gasteiger partial charge in [-0.2, -0.15) is 4.31 Å². The molecule has 1 saturated heterocycles. The zero-order valence-corrected chi connectivity index (χ0v) is 13.6. The van der Waals surface area contributed by atoms with Gasteiger partial charge in [0.15, 0.2) is 0 Å². The summed E-state index contributed by atoms with van der Waals surface area (Å²) in [7, 11) is -3.79. The second kappa shape index (κ2) is 6.02. The Morgan fingerprint density at radius 3 is 2.67 bits per heavy atom. The highest BCUT2D eigenvalue weighted by atomic mass is 32.2. The number of benzene rings is 1. The molecule has 0 unspecified atom stereocenters. The SMILES string of the molecule is CCNCc1ccc(F)c(S(=O)(=O)N2CCCC2(C)C)c1. The maximum atomic E-state index is 14.1. The first kappa shape index (κ1) is 16.4. The Balaban J connectivity index is 2.40. The van der Waals surface area contributed by atoms with Gasteiger partial charge in [0.05, 0.1) is 0 Å². The molecule has 2 rings (SSSR count). The Hall–Kier alpha value is -0.980. The summed E-state index contributed by atoms with van der Waals surface area (Å²) in [6.07, 6.45) is 1.61. The second-order valence-corrected chi connectivity index (χ2v) is 7.87. The zero-order chi connectivity index (χ0) is 15.7. The molecule has 1 aromatic carbocycles. The monoisotopic (exact) mass is 314 g/mol. The van der Waals surface area contributed by atoms with E-state index in [9.17, 15) is 12.8 Å². The maximum absolute atomic E-state index is 14.1. The first-order valence-electron chi connectivity index (χ1n) is 7.31. The van der Waals surface area contributed by atoms with Crippen LogP contribution in [0.25, 0.3) is 0 Å². The van der Waals surface area contributed by atoms with E-state index < -0.39 is 21.4 Å². The molecule has 1 aliphatic heterocycles. The van der Waals surface area contributed by atoms with Crippen LogP contribution >= 0.6 is 0 Å². The van der Waals surface area contributed by atoms with Crippen LogP contribution in [-0.4, -0.2) is 31.4 Å². The molecule has 0 saturated carbocycles. The Kier molecular flexibility index (Phi) is 4.70. The van der Waals surface area contributed by atoms with Gasteiger partial charge in [0.25, 0.3) is 0 Å². The highest BCUT2D eigenvalue weighted by molar-refractivity contribution is 7.89. The van der Waals surface area contributed by atoms with Crippen LogP contribution in [0.15, 0.2) is 23.1 Å². The molecule has 1 heterocycles. The van der Waals surface area contributed by atoms with E-state index in [2.05, 4.69) is 5.32 Å². The highest BCUT2D eigenvalue weighted by Crippen LogP contribution is 2.34. The van der Waals surface area contributed by atoms with Crippen LogP contribution in [0.4, 0.5) is 4.39 Å². The minimum absolute atomic E-state index is 0.215. The lowest BCUT2D eigenvalue weighted by atomic mass is 10.0. The average molecular weight is 314 g/mol. The van der Waals surface area contributed by atoms with Gasteiger partial charge < -0.3 is 5.32 Å². The number of rotatable bonds is 5. The molecule has 1 aromatic rings. The fourth-order valence-corrected chi connectivity index (χ4v) is 4.74. The van der Waals surface area contributed by atoms with Gasteiger partial charge in [-0.15, -0.1) is 0 Å². The standard InChI is InChI=1S/C15H23FN2O2S/c1-4-17-11-12-6-7-13(16)14(10-12)21(19,20)18-9-5-8-15(18,2)3/h6-7,10,17H,4-5,8-9,11H2,1-3H3. The number of hydrogen-bond donors (Lipinski definition) is 1. The number of hydrogen-bond acceptors (Lipinski definition) is 3. The van der Waals surface area contributed by atoms with Gasteiger partial charge in [0.1, 0.15) is 10.7 Å². The molecule has 21 heavy (non-hydrogen) atoms. The third kappa shape index (κ3) is 3.27. The van der Waals surface area contributed by atoms with Gasteiger partial charge in [-0.1, -0.05) is 13.0 Å². The summed E-state index contributed by atoms with van der Waals surface area (Å²) in [5.74, 6) is -0.682. The number of nitrogens with zero attached hydrogens (tertiary/aromatic N) is 1.